The van der Waals surface area contributed by atoms with Crippen LogP contribution in [0.4, 0.5) is 0 Å². The molecule has 1 aromatic heterocycles. The van der Waals surface area contributed by atoms with Gasteiger partial charge < -0.3 is 9.84 Å². The predicted octanol–water partition coefficient (Wildman–Crippen LogP) is -0.277. The van der Waals surface area contributed by atoms with E-state index in [2.05, 4.69) is 9.82 Å². The minimum Gasteiger partial charge on any atom is -0.394 e. The lowest BCUT2D eigenvalue weighted by molar-refractivity contribution is 0.0223. The minimum atomic E-state index is -3.67. The van der Waals surface area contributed by atoms with Gasteiger partial charge in [0, 0.05) is 26.0 Å². The van der Waals surface area contributed by atoms with E-state index in [1.807, 2.05) is 6.92 Å². The van der Waals surface area contributed by atoms with E-state index >= 15 is 0 Å². The molecular formula is C11H19N3O4S. The van der Waals surface area contributed by atoms with Crippen molar-refractivity contribution in [2.75, 3.05) is 19.8 Å². The zero-order valence-corrected chi connectivity index (χ0v) is 11.7. The molecule has 0 aliphatic carbocycles. The quantitative estimate of drug-likeness (QED) is 0.778. The lowest BCUT2D eigenvalue weighted by Crippen LogP contribution is -2.54. The summed E-state index contributed by atoms with van der Waals surface area (Å²) in [6.45, 7) is 3.13. The smallest absolute Gasteiger partial charge is 0.244 e. The van der Waals surface area contributed by atoms with Crippen LogP contribution in [0.1, 0.15) is 19.8 Å². The molecule has 0 unspecified atom stereocenters. The summed E-state index contributed by atoms with van der Waals surface area (Å²) < 4.78 is 33.9. The molecule has 1 aliphatic rings. The summed E-state index contributed by atoms with van der Waals surface area (Å²) in [5, 5.41) is 13.5. The van der Waals surface area contributed by atoms with Crippen molar-refractivity contribution in [2.24, 2.45) is 0 Å². The van der Waals surface area contributed by atoms with Crippen molar-refractivity contribution in [2.45, 2.75) is 36.7 Å². The summed E-state index contributed by atoms with van der Waals surface area (Å²) in [5.41, 5.74) is -0.828. The van der Waals surface area contributed by atoms with E-state index in [1.165, 1.54) is 12.4 Å². The first-order valence-electron chi connectivity index (χ1n) is 6.26. The molecule has 0 atom stereocenters. The van der Waals surface area contributed by atoms with Crippen molar-refractivity contribution in [3.8, 4) is 0 Å². The molecule has 0 radical (unpaired) electrons. The van der Waals surface area contributed by atoms with Crippen molar-refractivity contribution in [3.63, 3.8) is 0 Å². The molecule has 1 fully saturated rings. The average molecular weight is 289 g/mol. The van der Waals surface area contributed by atoms with Crippen molar-refractivity contribution in [1.29, 1.82) is 0 Å². The molecule has 108 valence electrons. The normalized spacial score (nSPS) is 19.5. The molecular weight excluding hydrogens is 270 g/mol. The van der Waals surface area contributed by atoms with Crippen molar-refractivity contribution in [1.82, 2.24) is 14.5 Å². The molecule has 0 amide bonds. The van der Waals surface area contributed by atoms with E-state index < -0.39 is 15.6 Å². The van der Waals surface area contributed by atoms with Crippen LogP contribution in [0, 0.1) is 0 Å². The van der Waals surface area contributed by atoms with Crippen molar-refractivity contribution in [3.05, 3.63) is 12.4 Å². The van der Waals surface area contributed by atoms with Gasteiger partial charge in [-0.05, 0) is 19.8 Å². The van der Waals surface area contributed by atoms with Gasteiger partial charge >= 0.3 is 0 Å². The minimum absolute atomic E-state index is 0.119. The predicted molar refractivity (Wildman–Crippen MR) is 68.1 cm³/mol. The van der Waals surface area contributed by atoms with E-state index in [0.29, 0.717) is 32.6 Å². The molecule has 19 heavy (non-hydrogen) atoms. The van der Waals surface area contributed by atoms with Crippen LogP contribution in [0.3, 0.4) is 0 Å². The van der Waals surface area contributed by atoms with Crippen LogP contribution in [-0.4, -0.2) is 48.7 Å². The molecule has 0 saturated carbocycles. The maximum Gasteiger partial charge on any atom is 0.244 e. The Morgan fingerprint density at radius 3 is 2.74 bits per heavy atom. The monoisotopic (exact) mass is 289 g/mol. The third-order valence-corrected chi connectivity index (χ3v) is 4.88. The zero-order valence-electron chi connectivity index (χ0n) is 10.9. The lowest BCUT2D eigenvalue weighted by atomic mass is 9.93. The highest BCUT2D eigenvalue weighted by atomic mass is 32.2. The fourth-order valence-electron chi connectivity index (χ4n) is 2.05. The summed E-state index contributed by atoms with van der Waals surface area (Å²) >= 11 is 0. The Balaban J connectivity index is 2.19. The maximum absolute atomic E-state index is 12.3. The summed E-state index contributed by atoms with van der Waals surface area (Å²) in [6, 6.07) is 0. The van der Waals surface area contributed by atoms with Gasteiger partial charge in [0.25, 0.3) is 0 Å². The first kappa shape index (κ1) is 14.4. The third kappa shape index (κ3) is 3.14. The summed E-state index contributed by atoms with van der Waals surface area (Å²) in [5.74, 6) is 0. The first-order chi connectivity index (χ1) is 9.01. The van der Waals surface area contributed by atoms with Crippen LogP contribution in [0.5, 0.6) is 0 Å². The number of rotatable bonds is 5. The van der Waals surface area contributed by atoms with Gasteiger partial charge in [-0.15, -0.1) is 0 Å². The maximum atomic E-state index is 12.3. The molecule has 1 aromatic rings. The molecule has 2 heterocycles. The Morgan fingerprint density at radius 2 is 2.21 bits per heavy atom. The van der Waals surface area contributed by atoms with Crippen LogP contribution in [0.25, 0.3) is 0 Å². The second-order valence-electron chi connectivity index (χ2n) is 4.69. The molecule has 1 saturated heterocycles. The highest BCUT2D eigenvalue weighted by Gasteiger charge is 2.36. The van der Waals surface area contributed by atoms with Crippen molar-refractivity contribution >= 4 is 10.0 Å². The molecule has 2 N–H and O–H groups in total. The van der Waals surface area contributed by atoms with E-state index in [-0.39, 0.29) is 11.5 Å². The summed E-state index contributed by atoms with van der Waals surface area (Å²) in [7, 11) is -3.67. The SMILES string of the molecule is CCn1cc(S(=O)(=O)NC2(CO)CCOCC2)cn1. The Labute approximate surface area is 112 Å². The van der Waals surface area contributed by atoms with Gasteiger partial charge in [0.2, 0.25) is 10.0 Å². The van der Waals surface area contributed by atoms with E-state index in [9.17, 15) is 13.5 Å². The zero-order chi connectivity index (χ0) is 13.9. The van der Waals surface area contributed by atoms with Gasteiger partial charge in [-0.1, -0.05) is 0 Å². The highest BCUT2D eigenvalue weighted by Crippen LogP contribution is 2.23. The Bertz CT molecular complexity index is 520. The number of hydrogen-bond donors (Lipinski definition) is 2. The second kappa shape index (κ2) is 5.58. The van der Waals surface area contributed by atoms with Gasteiger partial charge in [-0.25, -0.2) is 13.1 Å². The van der Waals surface area contributed by atoms with Crippen LogP contribution in [-0.2, 0) is 21.3 Å². The molecule has 1 aliphatic heterocycles. The standard InChI is InChI=1S/C11H19N3O4S/c1-2-14-8-10(7-12-14)19(16,17)13-11(9-15)3-5-18-6-4-11/h7-8,13,15H,2-6,9H2,1H3. The number of aliphatic hydroxyl groups excluding tert-OH is 1. The Morgan fingerprint density at radius 1 is 1.53 bits per heavy atom. The number of aromatic nitrogens is 2. The Hall–Kier alpha value is -0.960. The largest absolute Gasteiger partial charge is 0.394 e. The number of nitrogens with one attached hydrogen (secondary N) is 1. The number of sulfonamides is 1. The number of ether oxygens (including phenoxy) is 1. The van der Waals surface area contributed by atoms with Crippen molar-refractivity contribution < 1.29 is 18.3 Å². The average Bonchev–Trinajstić information content (AvgIpc) is 2.89. The molecule has 0 spiro atoms. The first-order valence-corrected chi connectivity index (χ1v) is 7.75. The number of aryl methyl sites for hydroxylation is 1. The summed E-state index contributed by atoms with van der Waals surface area (Å²) in [4.78, 5) is 0.119. The molecule has 0 aromatic carbocycles. The second-order valence-corrected chi connectivity index (χ2v) is 6.37. The molecule has 2 rings (SSSR count). The van der Waals surface area contributed by atoms with Gasteiger partial charge in [-0.2, -0.15) is 5.10 Å². The van der Waals surface area contributed by atoms with E-state index in [4.69, 9.17) is 4.74 Å². The van der Waals surface area contributed by atoms with Crippen LogP contribution in [0.15, 0.2) is 17.3 Å². The number of aliphatic hydroxyl groups is 1. The fourth-order valence-corrected chi connectivity index (χ4v) is 3.46. The van der Waals surface area contributed by atoms with Gasteiger partial charge in [0.1, 0.15) is 4.90 Å². The number of hydrogen-bond acceptors (Lipinski definition) is 5. The molecule has 0 bridgehead atoms. The van der Waals surface area contributed by atoms with Crippen LogP contribution >= 0.6 is 0 Å². The van der Waals surface area contributed by atoms with Crippen LogP contribution in [0.2, 0.25) is 0 Å². The van der Waals surface area contributed by atoms with Gasteiger partial charge in [0.15, 0.2) is 0 Å². The van der Waals surface area contributed by atoms with E-state index in [1.54, 1.807) is 4.68 Å². The van der Waals surface area contributed by atoms with Gasteiger partial charge in [0.05, 0.1) is 18.3 Å². The number of nitrogens with zero attached hydrogens (tertiary/aromatic N) is 2. The third-order valence-electron chi connectivity index (χ3n) is 3.35. The van der Waals surface area contributed by atoms with Gasteiger partial charge in [-0.3, -0.25) is 4.68 Å². The molecule has 7 nitrogen and oxygen atoms in total. The summed E-state index contributed by atoms with van der Waals surface area (Å²) in [6.07, 6.45) is 3.72. The molecule has 8 heteroatoms. The fraction of sp³-hybridized carbons (Fsp3) is 0.727. The van der Waals surface area contributed by atoms with E-state index in [0.717, 1.165) is 0 Å². The Kier molecular flexibility index (Phi) is 4.24. The topological polar surface area (TPSA) is 93.5 Å². The highest BCUT2D eigenvalue weighted by molar-refractivity contribution is 7.89. The van der Waals surface area contributed by atoms with Crippen LogP contribution < -0.4 is 4.72 Å². The lowest BCUT2D eigenvalue weighted by Gasteiger charge is -2.35.